The van der Waals surface area contributed by atoms with Crippen molar-refractivity contribution in [1.82, 2.24) is 15.1 Å². The molecule has 0 spiro atoms. The maximum Gasteiger partial charge on any atom is 0.359 e. The van der Waals surface area contributed by atoms with Gasteiger partial charge in [-0.2, -0.15) is 5.10 Å². The Labute approximate surface area is 191 Å². The highest BCUT2D eigenvalue weighted by atomic mass is 16.5. The Kier molecular flexibility index (Phi) is 7.66. The van der Waals surface area contributed by atoms with Gasteiger partial charge in [0.15, 0.2) is 23.8 Å². The number of carbonyl (C=O) groups excluding carboxylic acids is 2. The van der Waals surface area contributed by atoms with Gasteiger partial charge in [-0.1, -0.05) is 38.1 Å². The van der Waals surface area contributed by atoms with Crippen LogP contribution in [-0.4, -0.2) is 42.5 Å². The monoisotopic (exact) mass is 453 g/mol. The van der Waals surface area contributed by atoms with Crippen LogP contribution in [0.4, 0.5) is 0 Å². The van der Waals surface area contributed by atoms with Crippen molar-refractivity contribution in [3.05, 3.63) is 64.1 Å². The molecule has 3 aromatic rings. The fourth-order valence-corrected chi connectivity index (χ4v) is 3.30. The van der Waals surface area contributed by atoms with Crippen LogP contribution < -0.4 is 20.3 Å². The number of nitrogens with one attached hydrogen (secondary N) is 1. The van der Waals surface area contributed by atoms with Crippen molar-refractivity contribution in [2.24, 2.45) is 5.92 Å². The normalized spacial score (nSPS) is 10.8. The molecule has 0 aliphatic rings. The second-order valence-corrected chi connectivity index (χ2v) is 7.82. The van der Waals surface area contributed by atoms with E-state index in [1.54, 1.807) is 49.6 Å². The molecule has 0 saturated heterocycles. The lowest BCUT2D eigenvalue weighted by atomic mass is 10.1. The molecule has 0 unspecified atom stereocenters. The van der Waals surface area contributed by atoms with E-state index in [2.05, 4.69) is 10.4 Å². The van der Waals surface area contributed by atoms with Crippen molar-refractivity contribution < 1.29 is 23.8 Å². The summed E-state index contributed by atoms with van der Waals surface area (Å²) in [6, 6.07) is 12.0. The number of hydrogen-bond acceptors (Lipinski definition) is 7. The molecule has 0 atom stereocenters. The average Bonchev–Trinajstić information content (AvgIpc) is 2.82. The number of rotatable bonds is 9. The van der Waals surface area contributed by atoms with Crippen molar-refractivity contribution in [2.45, 2.75) is 26.9 Å². The lowest BCUT2D eigenvalue weighted by Gasteiger charge is -2.12. The van der Waals surface area contributed by atoms with Crippen LogP contribution >= 0.6 is 0 Å². The Morgan fingerprint density at radius 3 is 2.39 bits per heavy atom. The third kappa shape index (κ3) is 5.68. The minimum Gasteiger partial charge on any atom is -0.493 e. The zero-order valence-corrected chi connectivity index (χ0v) is 19.1. The first kappa shape index (κ1) is 23.8. The van der Waals surface area contributed by atoms with Crippen LogP contribution in [0.25, 0.3) is 10.8 Å². The maximum atomic E-state index is 12.7. The van der Waals surface area contributed by atoms with E-state index in [9.17, 15) is 14.4 Å². The van der Waals surface area contributed by atoms with E-state index in [0.717, 1.165) is 5.56 Å². The van der Waals surface area contributed by atoms with Crippen LogP contribution in [0.2, 0.25) is 0 Å². The predicted octanol–water partition coefficient (Wildman–Crippen LogP) is 2.54. The van der Waals surface area contributed by atoms with Gasteiger partial charge in [0.25, 0.3) is 11.5 Å². The van der Waals surface area contributed by atoms with E-state index in [-0.39, 0.29) is 23.7 Å². The summed E-state index contributed by atoms with van der Waals surface area (Å²) in [5.74, 6) is 0.0377. The van der Waals surface area contributed by atoms with Crippen molar-refractivity contribution >= 4 is 22.6 Å². The van der Waals surface area contributed by atoms with Gasteiger partial charge in [-0.25, -0.2) is 9.48 Å². The first-order chi connectivity index (χ1) is 15.8. The number of hydrogen-bond donors (Lipinski definition) is 1. The Bertz CT molecular complexity index is 1220. The highest BCUT2D eigenvalue weighted by Gasteiger charge is 2.19. The number of benzene rings is 2. The van der Waals surface area contributed by atoms with Gasteiger partial charge in [0, 0.05) is 18.5 Å². The molecule has 1 heterocycles. The quantitative estimate of drug-likeness (QED) is 0.496. The maximum absolute atomic E-state index is 12.7. The van der Waals surface area contributed by atoms with Gasteiger partial charge in [-0.05, 0) is 29.7 Å². The fraction of sp³-hybridized carbons (Fsp3) is 0.333. The minimum atomic E-state index is -0.773. The van der Waals surface area contributed by atoms with Gasteiger partial charge in [0.05, 0.1) is 19.6 Å². The van der Waals surface area contributed by atoms with Gasteiger partial charge in [-0.15, -0.1) is 0 Å². The Morgan fingerprint density at radius 1 is 1.03 bits per heavy atom. The molecule has 1 aromatic heterocycles. The van der Waals surface area contributed by atoms with Crippen LogP contribution in [0.15, 0.2) is 47.3 Å². The van der Waals surface area contributed by atoms with E-state index in [1.165, 1.54) is 11.8 Å². The van der Waals surface area contributed by atoms with E-state index < -0.39 is 18.5 Å². The number of nitrogens with zero attached hydrogens (tertiary/aromatic N) is 2. The molecule has 2 aromatic carbocycles. The molecule has 1 N–H and O–H groups in total. The molecule has 9 heteroatoms. The molecule has 174 valence electrons. The number of methoxy groups -OCH3 is 2. The van der Waals surface area contributed by atoms with Gasteiger partial charge >= 0.3 is 5.97 Å². The number of ether oxygens (including phenoxy) is 3. The Balaban J connectivity index is 1.68. The highest BCUT2D eigenvalue weighted by Crippen LogP contribution is 2.27. The molecular formula is C24H27N3O6. The van der Waals surface area contributed by atoms with Gasteiger partial charge in [-0.3, -0.25) is 9.59 Å². The molecule has 0 fully saturated rings. The smallest absolute Gasteiger partial charge is 0.359 e. The summed E-state index contributed by atoms with van der Waals surface area (Å²) in [6.45, 7) is 3.99. The Hall–Kier alpha value is -3.88. The number of fused-ring (bicyclic) bond motifs is 1. The molecule has 0 aliphatic heterocycles. The molecule has 0 aliphatic carbocycles. The summed E-state index contributed by atoms with van der Waals surface area (Å²) in [7, 11) is 3.07. The first-order valence-corrected chi connectivity index (χ1v) is 10.5. The lowest BCUT2D eigenvalue weighted by Crippen LogP contribution is -2.30. The number of esters is 1. The number of aromatic nitrogens is 2. The first-order valence-electron chi connectivity index (χ1n) is 10.5. The minimum absolute atomic E-state index is 0.00135. The summed E-state index contributed by atoms with van der Waals surface area (Å²) < 4.78 is 16.9. The zero-order valence-electron chi connectivity index (χ0n) is 19.1. The molecule has 0 radical (unpaired) electrons. The van der Waals surface area contributed by atoms with E-state index >= 15 is 0 Å². The second kappa shape index (κ2) is 10.6. The molecule has 1 amide bonds. The third-order valence-electron chi connectivity index (χ3n) is 4.87. The average molecular weight is 453 g/mol. The van der Waals surface area contributed by atoms with Crippen molar-refractivity contribution in [3.8, 4) is 11.5 Å². The molecule has 3 rings (SSSR count). The second-order valence-electron chi connectivity index (χ2n) is 7.82. The highest BCUT2D eigenvalue weighted by molar-refractivity contribution is 6.02. The van der Waals surface area contributed by atoms with Crippen LogP contribution in [0.5, 0.6) is 11.5 Å². The number of carbonyl (C=O) groups is 2. The molecule has 0 bridgehead atoms. The van der Waals surface area contributed by atoms with Crippen molar-refractivity contribution in [1.29, 1.82) is 0 Å². The van der Waals surface area contributed by atoms with Crippen LogP contribution in [0.1, 0.15) is 29.9 Å². The van der Waals surface area contributed by atoms with Crippen LogP contribution in [-0.2, 0) is 22.6 Å². The predicted molar refractivity (Wildman–Crippen MR) is 123 cm³/mol. The van der Waals surface area contributed by atoms with Gasteiger partial charge in [0.1, 0.15) is 0 Å². The zero-order chi connectivity index (χ0) is 24.0. The largest absolute Gasteiger partial charge is 0.493 e. The fourth-order valence-electron chi connectivity index (χ4n) is 3.30. The van der Waals surface area contributed by atoms with Gasteiger partial charge < -0.3 is 19.5 Å². The van der Waals surface area contributed by atoms with E-state index in [1.807, 2.05) is 13.8 Å². The van der Waals surface area contributed by atoms with E-state index in [0.29, 0.717) is 28.8 Å². The summed E-state index contributed by atoms with van der Waals surface area (Å²) in [4.78, 5) is 37.6. The molecular weight excluding hydrogens is 426 g/mol. The van der Waals surface area contributed by atoms with Crippen LogP contribution in [0, 0.1) is 5.92 Å². The summed E-state index contributed by atoms with van der Waals surface area (Å²) >= 11 is 0. The standard InChI is InChI=1S/C24H27N3O6/c1-15(2)13-27-23(29)18-8-6-5-7-17(18)22(26-27)24(30)33-14-21(28)25-12-16-9-10-19(31-3)20(11-16)32-4/h5-11,15H,12-14H2,1-4H3,(H,25,28). The van der Waals surface area contributed by atoms with Crippen molar-refractivity contribution in [3.63, 3.8) is 0 Å². The molecule has 9 nitrogen and oxygen atoms in total. The van der Waals surface area contributed by atoms with Crippen LogP contribution in [0.3, 0.4) is 0 Å². The molecule has 33 heavy (non-hydrogen) atoms. The lowest BCUT2D eigenvalue weighted by molar-refractivity contribution is -0.124. The van der Waals surface area contributed by atoms with E-state index in [4.69, 9.17) is 14.2 Å². The number of amides is 1. The summed E-state index contributed by atoms with van der Waals surface area (Å²) in [5.41, 5.74) is 0.516. The molecule has 0 saturated carbocycles. The third-order valence-corrected chi connectivity index (χ3v) is 4.87. The topological polar surface area (TPSA) is 109 Å². The van der Waals surface area contributed by atoms with Crippen molar-refractivity contribution in [2.75, 3.05) is 20.8 Å². The SMILES string of the molecule is COc1ccc(CNC(=O)COC(=O)c2nn(CC(C)C)c(=O)c3ccccc23)cc1OC. The Morgan fingerprint density at radius 2 is 1.73 bits per heavy atom. The summed E-state index contributed by atoms with van der Waals surface area (Å²) in [5, 5.41) is 7.67. The van der Waals surface area contributed by atoms with Gasteiger partial charge in [0.2, 0.25) is 0 Å². The summed E-state index contributed by atoms with van der Waals surface area (Å²) in [6.07, 6.45) is 0.